The standard InChI is InChI=1S/C38H40FN5O3/c1-4-29-32(39)8-5-23-12-27(45)14-30(34(23)29)33-21(2)11-31-35(22(33)3)41-37(42-36(31)43-15-24-6-7-25(16-43)40-24)47-20-38(9-10-38)19-44-17-28-13-26(44)18-46-28/h1,5,8,11-12,14,24-26,28,40,45H,6-7,9-10,13,15-20H2,2-3H3/t24?,25?,26-,28-/m0/s1. The van der Waals surface area contributed by atoms with Crippen molar-refractivity contribution in [1.29, 1.82) is 0 Å². The van der Waals surface area contributed by atoms with E-state index < -0.39 is 5.82 Å². The summed E-state index contributed by atoms with van der Waals surface area (Å²) in [7, 11) is 0. The van der Waals surface area contributed by atoms with Gasteiger partial charge in [-0.05, 0) is 97.9 Å². The largest absolute Gasteiger partial charge is 0.508 e. The van der Waals surface area contributed by atoms with Gasteiger partial charge in [-0.1, -0.05) is 12.0 Å². The molecule has 9 rings (SSSR count). The zero-order valence-electron chi connectivity index (χ0n) is 27.0. The van der Waals surface area contributed by atoms with Gasteiger partial charge in [0.15, 0.2) is 0 Å². The molecule has 5 heterocycles. The number of nitrogens with zero attached hydrogens (tertiary/aromatic N) is 4. The van der Waals surface area contributed by atoms with E-state index in [2.05, 4.69) is 34.0 Å². The Hall–Kier alpha value is -3.97. The number of benzene rings is 3. The summed E-state index contributed by atoms with van der Waals surface area (Å²) in [6.07, 6.45) is 12.0. The first-order valence-corrected chi connectivity index (χ1v) is 17.0. The number of likely N-dealkylation sites (tertiary alicyclic amines) is 1. The highest BCUT2D eigenvalue weighted by atomic mass is 19.1. The molecule has 4 bridgehead atoms. The first kappa shape index (κ1) is 29.2. The fraction of sp³-hybridized carbons (Fsp3) is 0.474. The van der Waals surface area contributed by atoms with E-state index >= 15 is 4.39 Å². The number of fused-ring (bicyclic) bond motifs is 6. The molecule has 1 aliphatic carbocycles. The van der Waals surface area contributed by atoms with E-state index in [4.69, 9.17) is 25.9 Å². The number of halogens is 1. The van der Waals surface area contributed by atoms with Gasteiger partial charge in [-0.15, -0.1) is 6.42 Å². The first-order valence-electron chi connectivity index (χ1n) is 17.0. The van der Waals surface area contributed by atoms with Crippen molar-refractivity contribution in [3.8, 4) is 35.2 Å². The molecule has 4 aromatic rings. The second-order valence-corrected chi connectivity index (χ2v) is 14.7. The molecule has 4 atom stereocenters. The van der Waals surface area contributed by atoms with Gasteiger partial charge < -0.3 is 24.8 Å². The van der Waals surface area contributed by atoms with Gasteiger partial charge in [0.2, 0.25) is 0 Å². The van der Waals surface area contributed by atoms with Gasteiger partial charge in [0.25, 0.3) is 0 Å². The van der Waals surface area contributed by atoms with E-state index in [1.807, 2.05) is 6.92 Å². The van der Waals surface area contributed by atoms with Crippen LogP contribution in [0, 0.1) is 37.4 Å². The normalized spacial score (nSPS) is 26.0. The predicted octanol–water partition coefficient (Wildman–Crippen LogP) is 5.47. The molecule has 3 aromatic carbocycles. The molecule has 1 saturated carbocycles. The molecular formula is C38H40FN5O3. The van der Waals surface area contributed by atoms with Crippen molar-refractivity contribution >= 4 is 27.5 Å². The lowest BCUT2D eigenvalue weighted by Crippen LogP contribution is -2.51. The van der Waals surface area contributed by atoms with Gasteiger partial charge in [0, 0.05) is 60.5 Å². The highest BCUT2D eigenvalue weighted by molar-refractivity contribution is 6.06. The van der Waals surface area contributed by atoms with Crippen molar-refractivity contribution in [2.24, 2.45) is 5.41 Å². The molecule has 5 aliphatic rings. The van der Waals surface area contributed by atoms with Crippen LogP contribution in [0.2, 0.25) is 0 Å². The molecule has 0 amide bonds. The molecule has 9 heteroatoms. The maximum atomic E-state index is 15.0. The Balaban J connectivity index is 1.15. The van der Waals surface area contributed by atoms with Gasteiger partial charge in [-0.2, -0.15) is 9.97 Å². The topological polar surface area (TPSA) is 83.0 Å². The molecule has 1 aromatic heterocycles. The van der Waals surface area contributed by atoms with Crippen LogP contribution in [0.25, 0.3) is 32.8 Å². The van der Waals surface area contributed by atoms with Crippen LogP contribution in [0.1, 0.15) is 48.8 Å². The van der Waals surface area contributed by atoms with Crippen molar-refractivity contribution in [3.63, 3.8) is 0 Å². The fourth-order valence-electron chi connectivity index (χ4n) is 8.86. The second kappa shape index (κ2) is 10.8. The van der Waals surface area contributed by atoms with Crippen LogP contribution in [0.15, 0.2) is 30.3 Å². The highest BCUT2D eigenvalue weighted by Gasteiger charge is 2.49. The Morgan fingerprint density at radius 2 is 1.94 bits per heavy atom. The maximum Gasteiger partial charge on any atom is 0.318 e. The summed E-state index contributed by atoms with van der Waals surface area (Å²) in [5.74, 6) is 3.10. The maximum absolute atomic E-state index is 15.0. The number of terminal acetylenes is 1. The molecule has 47 heavy (non-hydrogen) atoms. The average molecular weight is 634 g/mol. The van der Waals surface area contributed by atoms with E-state index in [1.54, 1.807) is 18.2 Å². The summed E-state index contributed by atoms with van der Waals surface area (Å²) < 4.78 is 27.5. The Bertz CT molecular complexity index is 1970. The number of ether oxygens (including phenoxy) is 2. The summed E-state index contributed by atoms with van der Waals surface area (Å²) in [6, 6.07) is 10.3. The number of piperazine rings is 1. The predicted molar refractivity (Wildman–Crippen MR) is 181 cm³/mol. The third-order valence-corrected chi connectivity index (χ3v) is 11.4. The number of phenols is 1. The number of aromatic hydroxyl groups is 1. The number of aryl methyl sites for hydroxylation is 2. The summed E-state index contributed by atoms with van der Waals surface area (Å²) >= 11 is 0. The van der Waals surface area contributed by atoms with Crippen LogP contribution in [0.5, 0.6) is 11.8 Å². The van der Waals surface area contributed by atoms with Crippen LogP contribution < -0.4 is 15.0 Å². The van der Waals surface area contributed by atoms with Crippen molar-refractivity contribution in [2.45, 2.75) is 70.2 Å². The SMILES string of the molecule is C#Cc1c(F)ccc2cc(O)cc(-c3c(C)cc4c(N5CC6CCC(C5)N6)nc(OCC5(CN6C[C@@H]7C[C@H]6CO7)CC5)nc4c3C)c12. The monoisotopic (exact) mass is 633 g/mol. The zero-order chi connectivity index (χ0) is 32.0. The molecule has 8 nitrogen and oxygen atoms in total. The lowest BCUT2D eigenvalue weighted by molar-refractivity contribution is 0.0176. The van der Waals surface area contributed by atoms with E-state index in [0.29, 0.717) is 53.2 Å². The molecule has 0 spiro atoms. The summed E-state index contributed by atoms with van der Waals surface area (Å²) in [5, 5.41) is 16.8. The van der Waals surface area contributed by atoms with Gasteiger partial charge in [-0.25, -0.2) is 4.39 Å². The molecular weight excluding hydrogens is 593 g/mol. The first-order chi connectivity index (χ1) is 22.8. The molecule has 4 aliphatic heterocycles. The Morgan fingerprint density at radius 1 is 1.13 bits per heavy atom. The van der Waals surface area contributed by atoms with Crippen molar-refractivity contribution < 1.29 is 19.0 Å². The van der Waals surface area contributed by atoms with Crippen molar-refractivity contribution in [3.05, 3.63) is 52.8 Å². The minimum Gasteiger partial charge on any atom is -0.508 e. The number of hydrogen-bond donors (Lipinski definition) is 2. The number of anilines is 1. The third-order valence-electron chi connectivity index (χ3n) is 11.4. The number of hydrogen-bond acceptors (Lipinski definition) is 8. The van der Waals surface area contributed by atoms with E-state index in [-0.39, 0.29) is 16.7 Å². The van der Waals surface area contributed by atoms with E-state index in [0.717, 1.165) is 85.5 Å². The van der Waals surface area contributed by atoms with Crippen LogP contribution in [0.4, 0.5) is 10.2 Å². The van der Waals surface area contributed by atoms with Crippen LogP contribution >= 0.6 is 0 Å². The quantitative estimate of drug-likeness (QED) is 0.260. The molecule has 4 saturated heterocycles. The minimum absolute atomic E-state index is 0.0946. The molecule has 2 unspecified atom stereocenters. The highest BCUT2D eigenvalue weighted by Crippen LogP contribution is 2.48. The number of nitrogens with one attached hydrogen (secondary N) is 1. The van der Waals surface area contributed by atoms with Gasteiger partial charge in [0.1, 0.15) is 17.4 Å². The van der Waals surface area contributed by atoms with Gasteiger partial charge >= 0.3 is 6.01 Å². The van der Waals surface area contributed by atoms with Crippen molar-refractivity contribution in [1.82, 2.24) is 20.2 Å². The summed E-state index contributed by atoms with van der Waals surface area (Å²) in [4.78, 5) is 15.2. The summed E-state index contributed by atoms with van der Waals surface area (Å²) in [5.41, 5.74) is 4.57. The number of rotatable bonds is 7. The third kappa shape index (κ3) is 4.92. The Labute approximate surface area is 274 Å². The van der Waals surface area contributed by atoms with Crippen LogP contribution in [0.3, 0.4) is 0 Å². The number of morpholine rings is 1. The number of phenolic OH excluding ortho intramolecular Hbond substituents is 1. The fourth-order valence-corrected chi connectivity index (χ4v) is 8.86. The zero-order valence-corrected chi connectivity index (χ0v) is 27.0. The molecule has 0 radical (unpaired) electrons. The van der Waals surface area contributed by atoms with E-state index in [9.17, 15) is 5.11 Å². The van der Waals surface area contributed by atoms with Crippen molar-refractivity contribution in [2.75, 3.05) is 44.3 Å². The molecule has 2 N–H and O–H groups in total. The lowest BCUT2D eigenvalue weighted by atomic mass is 9.88. The van der Waals surface area contributed by atoms with Crippen LogP contribution in [-0.4, -0.2) is 83.6 Å². The minimum atomic E-state index is -0.458. The number of aromatic nitrogens is 2. The molecule has 242 valence electrons. The van der Waals surface area contributed by atoms with Gasteiger partial charge in [0.05, 0.1) is 30.4 Å². The molecule has 5 fully saturated rings. The lowest BCUT2D eigenvalue weighted by Gasteiger charge is -2.34. The second-order valence-electron chi connectivity index (χ2n) is 14.7. The van der Waals surface area contributed by atoms with Crippen LogP contribution in [-0.2, 0) is 4.74 Å². The average Bonchev–Trinajstić information content (AvgIpc) is 3.32. The summed E-state index contributed by atoms with van der Waals surface area (Å²) in [6.45, 7) is 9.33. The Kier molecular flexibility index (Phi) is 6.69. The van der Waals surface area contributed by atoms with E-state index in [1.165, 1.54) is 18.9 Å². The van der Waals surface area contributed by atoms with Gasteiger partial charge in [-0.3, -0.25) is 4.90 Å². The Morgan fingerprint density at radius 3 is 2.64 bits per heavy atom. The smallest absolute Gasteiger partial charge is 0.318 e.